The van der Waals surface area contributed by atoms with E-state index in [-0.39, 0.29) is 24.4 Å². The summed E-state index contributed by atoms with van der Waals surface area (Å²) >= 11 is 1.65. The first-order chi connectivity index (χ1) is 14.1. The van der Waals surface area contributed by atoms with E-state index >= 15 is 0 Å². The van der Waals surface area contributed by atoms with E-state index < -0.39 is 0 Å². The van der Waals surface area contributed by atoms with Gasteiger partial charge in [0.1, 0.15) is 0 Å². The molecule has 1 aromatic heterocycles. The van der Waals surface area contributed by atoms with Crippen molar-refractivity contribution in [3.05, 3.63) is 88.1 Å². The molecule has 3 N–H and O–H groups in total. The number of carbonyl (C=O) groups excluding carboxylic acids is 2. The number of anilines is 1. The average molecular weight is 408 g/mol. The standard InChI is InChI=1S/C23H25N3O2S/c1-17(21-12-7-15-29-21)25-16-22(27)26-20-11-6-5-10-19(20)23(28)24-14-13-18-8-3-2-4-9-18/h2-12,15,17,25H,13-14,16H2,1H3,(H,24,28)(H,26,27)/t17-/m0/s1. The zero-order valence-corrected chi connectivity index (χ0v) is 17.2. The van der Waals surface area contributed by atoms with E-state index in [1.54, 1.807) is 35.6 Å². The van der Waals surface area contributed by atoms with Crippen molar-refractivity contribution in [2.45, 2.75) is 19.4 Å². The lowest BCUT2D eigenvalue weighted by atomic mass is 10.1. The van der Waals surface area contributed by atoms with Crippen LogP contribution in [0.2, 0.25) is 0 Å². The van der Waals surface area contributed by atoms with Crippen LogP contribution in [-0.4, -0.2) is 24.9 Å². The Kier molecular flexibility index (Phi) is 7.55. The van der Waals surface area contributed by atoms with Crippen molar-refractivity contribution in [3.8, 4) is 0 Å². The Bertz CT molecular complexity index is 926. The minimum Gasteiger partial charge on any atom is -0.352 e. The molecule has 29 heavy (non-hydrogen) atoms. The second-order valence-electron chi connectivity index (χ2n) is 6.70. The Balaban J connectivity index is 1.52. The smallest absolute Gasteiger partial charge is 0.253 e. The van der Waals surface area contributed by atoms with Crippen molar-refractivity contribution in [1.29, 1.82) is 0 Å². The molecular formula is C23H25N3O2S. The molecule has 3 aromatic rings. The Morgan fingerprint density at radius 2 is 1.72 bits per heavy atom. The highest BCUT2D eigenvalue weighted by Crippen LogP contribution is 2.18. The molecule has 6 heteroatoms. The summed E-state index contributed by atoms with van der Waals surface area (Å²) in [7, 11) is 0. The van der Waals surface area contributed by atoms with Gasteiger partial charge in [0, 0.05) is 17.5 Å². The van der Waals surface area contributed by atoms with E-state index in [0.717, 1.165) is 6.42 Å². The van der Waals surface area contributed by atoms with Crippen LogP contribution in [0.5, 0.6) is 0 Å². The predicted octanol–water partition coefficient (Wildman–Crippen LogP) is 4.01. The number of amides is 2. The lowest BCUT2D eigenvalue weighted by molar-refractivity contribution is -0.115. The Morgan fingerprint density at radius 3 is 2.48 bits per heavy atom. The van der Waals surface area contributed by atoms with E-state index in [1.165, 1.54) is 10.4 Å². The summed E-state index contributed by atoms with van der Waals surface area (Å²) in [6.07, 6.45) is 0.756. The summed E-state index contributed by atoms with van der Waals surface area (Å²) in [5.41, 5.74) is 2.14. The van der Waals surface area contributed by atoms with Gasteiger partial charge in [0.25, 0.3) is 5.91 Å². The van der Waals surface area contributed by atoms with Gasteiger partial charge in [-0.3, -0.25) is 9.59 Å². The van der Waals surface area contributed by atoms with Gasteiger partial charge in [-0.15, -0.1) is 11.3 Å². The maximum absolute atomic E-state index is 12.6. The Labute approximate surface area is 175 Å². The van der Waals surface area contributed by atoms with Crippen LogP contribution < -0.4 is 16.0 Å². The van der Waals surface area contributed by atoms with Gasteiger partial charge >= 0.3 is 0 Å². The third-order valence-corrected chi connectivity index (χ3v) is 5.58. The van der Waals surface area contributed by atoms with Crippen LogP contribution in [0.25, 0.3) is 0 Å². The molecular weight excluding hydrogens is 382 g/mol. The van der Waals surface area contributed by atoms with E-state index in [4.69, 9.17) is 0 Å². The molecule has 0 fully saturated rings. The molecule has 0 aliphatic rings. The Morgan fingerprint density at radius 1 is 0.966 bits per heavy atom. The van der Waals surface area contributed by atoms with Gasteiger partial charge < -0.3 is 16.0 Å². The quantitative estimate of drug-likeness (QED) is 0.502. The molecule has 1 heterocycles. The summed E-state index contributed by atoms with van der Waals surface area (Å²) in [4.78, 5) is 26.1. The largest absolute Gasteiger partial charge is 0.352 e. The first-order valence-electron chi connectivity index (χ1n) is 9.61. The lowest BCUT2D eigenvalue weighted by Gasteiger charge is -2.14. The molecule has 2 amide bonds. The SMILES string of the molecule is C[C@H](NCC(=O)Nc1ccccc1C(=O)NCCc1ccccc1)c1cccs1. The van der Waals surface area contributed by atoms with E-state index in [1.807, 2.05) is 54.8 Å². The van der Waals surface area contributed by atoms with Crippen molar-refractivity contribution in [3.63, 3.8) is 0 Å². The van der Waals surface area contributed by atoms with Crippen molar-refractivity contribution in [1.82, 2.24) is 10.6 Å². The van der Waals surface area contributed by atoms with E-state index in [9.17, 15) is 9.59 Å². The van der Waals surface area contributed by atoms with Crippen LogP contribution in [0.1, 0.15) is 33.8 Å². The second-order valence-corrected chi connectivity index (χ2v) is 7.68. The summed E-state index contributed by atoms with van der Waals surface area (Å²) in [6.45, 7) is 2.72. The van der Waals surface area contributed by atoms with E-state index in [0.29, 0.717) is 17.8 Å². The first-order valence-corrected chi connectivity index (χ1v) is 10.5. The van der Waals surface area contributed by atoms with Crippen LogP contribution in [-0.2, 0) is 11.2 Å². The molecule has 1 atom stereocenters. The fourth-order valence-electron chi connectivity index (χ4n) is 2.93. The van der Waals surface area contributed by atoms with Gasteiger partial charge in [0.05, 0.1) is 17.8 Å². The van der Waals surface area contributed by atoms with Crippen molar-refractivity contribution in [2.24, 2.45) is 0 Å². The van der Waals surface area contributed by atoms with Crippen LogP contribution >= 0.6 is 11.3 Å². The number of rotatable bonds is 9. The molecule has 0 unspecified atom stereocenters. The van der Waals surface area contributed by atoms with Crippen molar-refractivity contribution in [2.75, 3.05) is 18.4 Å². The molecule has 5 nitrogen and oxygen atoms in total. The summed E-state index contributed by atoms with van der Waals surface area (Å²) in [5, 5.41) is 11.0. The summed E-state index contributed by atoms with van der Waals surface area (Å²) in [5.74, 6) is -0.380. The number of thiophene rings is 1. The summed E-state index contributed by atoms with van der Waals surface area (Å²) < 4.78 is 0. The van der Waals surface area contributed by atoms with Gasteiger partial charge in [-0.05, 0) is 42.5 Å². The van der Waals surface area contributed by atoms with Crippen LogP contribution in [0.4, 0.5) is 5.69 Å². The zero-order valence-electron chi connectivity index (χ0n) is 16.4. The minimum absolute atomic E-state index is 0.0947. The molecule has 2 aromatic carbocycles. The maximum atomic E-state index is 12.6. The fourth-order valence-corrected chi connectivity index (χ4v) is 3.69. The molecule has 0 aliphatic carbocycles. The van der Waals surface area contributed by atoms with E-state index in [2.05, 4.69) is 16.0 Å². The third kappa shape index (κ3) is 6.27. The van der Waals surface area contributed by atoms with Gasteiger partial charge in [0.15, 0.2) is 0 Å². The second kappa shape index (κ2) is 10.5. The molecule has 150 valence electrons. The highest BCUT2D eigenvalue weighted by molar-refractivity contribution is 7.10. The van der Waals surface area contributed by atoms with Gasteiger partial charge in [-0.1, -0.05) is 48.5 Å². The molecule has 0 spiro atoms. The minimum atomic E-state index is -0.197. The van der Waals surface area contributed by atoms with Crippen LogP contribution in [0, 0.1) is 0 Å². The van der Waals surface area contributed by atoms with Crippen LogP contribution in [0.15, 0.2) is 72.1 Å². The molecule has 0 saturated heterocycles. The normalized spacial score (nSPS) is 11.6. The number of hydrogen-bond acceptors (Lipinski definition) is 4. The van der Waals surface area contributed by atoms with Crippen molar-refractivity contribution < 1.29 is 9.59 Å². The number of para-hydroxylation sites is 1. The first kappa shape index (κ1) is 20.8. The fraction of sp³-hybridized carbons (Fsp3) is 0.217. The number of benzene rings is 2. The van der Waals surface area contributed by atoms with Crippen molar-refractivity contribution >= 4 is 28.8 Å². The molecule has 3 rings (SSSR count). The zero-order chi connectivity index (χ0) is 20.5. The number of hydrogen-bond donors (Lipinski definition) is 3. The lowest BCUT2D eigenvalue weighted by Crippen LogP contribution is -2.31. The third-order valence-electron chi connectivity index (χ3n) is 4.53. The highest BCUT2D eigenvalue weighted by atomic mass is 32.1. The summed E-state index contributed by atoms with van der Waals surface area (Å²) in [6, 6.07) is 21.2. The van der Waals surface area contributed by atoms with Gasteiger partial charge in [-0.2, -0.15) is 0 Å². The van der Waals surface area contributed by atoms with Gasteiger partial charge in [-0.25, -0.2) is 0 Å². The molecule has 0 radical (unpaired) electrons. The predicted molar refractivity (Wildman–Crippen MR) is 118 cm³/mol. The molecule has 0 aliphatic heterocycles. The van der Waals surface area contributed by atoms with Gasteiger partial charge in [0.2, 0.25) is 5.91 Å². The number of carbonyl (C=O) groups is 2. The maximum Gasteiger partial charge on any atom is 0.253 e. The topological polar surface area (TPSA) is 70.2 Å². The highest BCUT2D eigenvalue weighted by Gasteiger charge is 2.14. The van der Waals surface area contributed by atoms with Crippen LogP contribution in [0.3, 0.4) is 0 Å². The monoisotopic (exact) mass is 407 g/mol. The Hall–Kier alpha value is -2.96. The molecule has 0 bridgehead atoms. The average Bonchev–Trinajstić information content (AvgIpc) is 3.28. The number of nitrogens with one attached hydrogen (secondary N) is 3. The molecule has 0 saturated carbocycles.